The maximum absolute atomic E-state index is 11.9. The Morgan fingerprint density at radius 2 is 2.24 bits per heavy atom. The smallest absolute Gasteiger partial charge is 0.244 e. The van der Waals surface area contributed by atoms with E-state index in [2.05, 4.69) is 27.9 Å². The quantitative estimate of drug-likeness (QED) is 0.648. The largest absolute Gasteiger partial charge is 0.397 e. The number of likely N-dealkylation sites (N-methyl/N-ethyl adjacent to an activating group) is 1. The maximum Gasteiger partial charge on any atom is 0.244 e. The SMILES string of the molecule is CCN(C)C(=O)C(C)Nc1ccc(I)cc1N. The van der Waals surface area contributed by atoms with Gasteiger partial charge in [0.05, 0.1) is 11.4 Å². The fourth-order valence-corrected chi connectivity index (χ4v) is 1.96. The van der Waals surface area contributed by atoms with E-state index in [1.54, 1.807) is 11.9 Å². The summed E-state index contributed by atoms with van der Waals surface area (Å²) in [6.45, 7) is 4.49. The molecule has 0 saturated heterocycles. The Morgan fingerprint density at radius 3 is 2.76 bits per heavy atom. The van der Waals surface area contributed by atoms with Gasteiger partial charge >= 0.3 is 0 Å². The van der Waals surface area contributed by atoms with Crippen LogP contribution in [0.4, 0.5) is 11.4 Å². The number of nitrogens with one attached hydrogen (secondary N) is 1. The van der Waals surface area contributed by atoms with E-state index in [0.29, 0.717) is 12.2 Å². The van der Waals surface area contributed by atoms with Gasteiger partial charge < -0.3 is 16.0 Å². The monoisotopic (exact) mass is 347 g/mol. The van der Waals surface area contributed by atoms with Crippen LogP contribution in [0.1, 0.15) is 13.8 Å². The molecule has 0 aliphatic heterocycles. The summed E-state index contributed by atoms with van der Waals surface area (Å²) in [6.07, 6.45) is 0. The predicted molar refractivity (Wildman–Crippen MR) is 80.0 cm³/mol. The molecule has 1 aromatic carbocycles. The molecule has 1 aromatic rings. The highest BCUT2D eigenvalue weighted by Crippen LogP contribution is 2.21. The van der Waals surface area contributed by atoms with Crippen LogP contribution in [0.15, 0.2) is 18.2 Å². The van der Waals surface area contributed by atoms with Crippen LogP contribution < -0.4 is 11.1 Å². The zero-order chi connectivity index (χ0) is 13.0. The highest BCUT2D eigenvalue weighted by atomic mass is 127. The molecule has 94 valence electrons. The standard InChI is InChI=1S/C12H18IN3O/c1-4-16(3)12(17)8(2)15-11-6-5-9(13)7-10(11)14/h5-8,15H,4,14H2,1-3H3. The normalized spacial score (nSPS) is 12.0. The molecule has 0 bridgehead atoms. The van der Waals surface area contributed by atoms with Gasteiger partial charge in [0, 0.05) is 17.2 Å². The Kier molecular flexibility index (Phi) is 5.04. The molecule has 0 aliphatic rings. The Balaban J connectivity index is 2.74. The minimum atomic E-state index is -0.276. The number of nitrogen functional groups attached to an aromatic ring is 1. The van der Waals surface area contributed by atoms with Crippen LogP contribution >= 0.6 is 22.6 Å². The molecule has 0 fully saturated rings. The summed E-state index contributed by atoms with van der Waals surface area (Å²) in [5.74, 6) is 0.0606. The summed E-state index contributed by atoms with van der Waals surface area (Å²) in [7, 11) is 1.79. The number of carbonyl (C=O) groups excluding carboxylic acids is 1. The van der Waals surface area contributed by atoms with Gasteiger partial charge in [0.15, 0.2) is 0 Å². The average molecular weight is 347 g/mol. The summed E-state index contributed by atoms with van der Waals surface area (Å²) in [6, 6.07) is 5.46. The molecule has 0 heterocycles. The lowest BCUT2D eigenvalue weighted by Gasteiger charge is -2.22. The summed E-state index contributed by atoms with van der Waals surface area (Å²) < 4.78 is 1.08. The third kappa shape index (κ3) is 3.76. The predicted octanol–water partition coefficient (Wildman–Crippen LogP) is 2.15. The van der Waals surface area contributed by atoms with E-state index in [0.717, 1.165) is 9.26 Å². The van der Waals surface area contributed by atoms with Crippen LogP contribution in [-0.4, -0.2) is 30.4 Å². The van der Waals surface area contributed by atoms with Crippen molar-refractivity contribution in [3.63, 3.8) is 0 Å². The number of amides is 1. The number of hydrogen-bond donors (Lipinski definition) is 2. The average Bonchev–Trinajstić information content (AvgIpc) is 2.30. The van der Waals surface area contributed by atoms with E-state index >= 15 is 0 Å². The van der Waals surface area contributed by atoms with Crippen molar-refractivity contribution in [3.05, 3.63) is 21.8 Å². The Hall–Kier alpha value is -0.980. The Bertz CT molecular complexity index is 409. The first-order valence-electron chi connectivity index (χ1n) is 5.52. The first kappa shape index (κ1) is 14.1. The molecule has 0 radical (unpaired) electrons. The van der Waals surface area contributed by atoms with Crippen LogP contribution in [-0.2, 0) is 4.79 Å². The van der Waals surface area contributed by atoms with Crippen molar-refractivity contribution in [1.29, 1.82) is 0 Å². The maximum atomic E-state index is 11.9. The number of nitrogens with two attached hydrogens (primary N) is 1. The third-order valence-electron chi connectivity index (χ3n) is 2.61. The minimum Gasteiger partial charge on any atom is -0.397 e. The number of anilines is 2. The van der Waals surface area contributed by atoms with Crippen LogP contribution in [0.3, 0.4) is 0 Å². The zero-order valence-electron chi connectivity index (χ0n) is 10.3. The highest BCUT2D eigenvalue weighted by molar-refractivity contribution is 14.1. The molecule has 0 aliphatic carbocycles. The summed E-state index contributed by atoms with van der Waals surface area (Å²) in [5.41, 5.74) is 7.35. The number of hydrogen-bond acceptors (Lipinski definition) is 3. The molecule has 0 saturated carbocycles. The van der Waals surface area contributed by atoms with Crippen molar-refractivity contribution in [1.82, 2.24) is 4.90 Å². The molecule has 1 unspecified atom stereocenters. The number of nitrogens with zero attached hydrogens (tertiary/aromatic N) is 1. The number of carbonyl (C=O) groups is 1. The fraction of sp³-hybridized carbons (Fsp3) is 0.417. The van der Waals surface area contributed by atoms with Gasteiger partial charge in [-0.2, -0.15) is 0 Å². The first-order chi connectivity index (χ1) is 7.95. The van der Waals surface area contributed by atoms with Gasteiger partial charge in [0.25, 0.3) is 0 Å². The van der Waals surface area contributed by atoms with E-state index in [1.165, 1.54) is 0 Å². The van der Waals surface area contributed by atoms with Crippen molar-refractivity contribution in [2.75, 3.05) is 24.6 Å². The Morgan fingerprint density at radius 1 is 1.59 bits per heavy atom. The number of rotatable bonds is 4. The van der Waals surface area contributed by atoms with Crippen LogP contribution in [0.5, 0.6) is 0 Å². The molecule has 17 heavy (non-hydrogen) atoms. The van der Waals surface area contributed by atoms with Gasteiger partial charge in [-0.25, -0.2) is 0 Å². The van der Waals surface area contributed by atoms with E-state index in [1.807, 2.05) is 32.0 Å². The summed E-state index contributed by atoms with van der Waals surface area (Å²) >= 11 is 2.20. The molecule has 4 nitrogen and oxygen atoms in total. The molecule has 0 spiro atoms. The molecule has 0 aromatic heterocycles. The van der Waals surface area contributed by atoms with E-state index in [4.69, 9.17) is 5.73 Å². The highest BCUT2D eigenvalue weighted by Gasteiger charge is 2.16. The van der Waals surface area contributed by atoms with Crippen LogP contribution in [0.2, 0.25) is 0 Å². The molecule has 1 atom stereocenters. The Labute approximate surface area is 116 Å². The molecule has 3 N–H and O–H groups in total. The summed E-state index contributed by atoms with van der Waals surface area (Å²) in [4.78, 5) is 13.6. The zero-order valence-corrected chi connectivity index (χ0v) is 12.5. The van der Waals surface area contributed by atoms with Gasteiger partial charge in [-0.15, -0.1) is 0 Å². The van der Waals surface area contributed by atoms with Crippen molar-refractivity contribution in [2.24, 2.45) is 0 Å². The lowest BCUT2D eigenvalue weighted by Crippen LogP contribution is -2.38. The fourth-order valence-electron chi connectivity index (χ4n) is 1.45. The van der Waals surface area contributed by atoms with Gasteiger partial charge in [-0.3, -0.25) is 4.79 Å². The van der Waals surface area contributed by atoms with Crippen molar-refractivity contribution in [2.45, 2.75) is 19.9 Å². The topological polar surface area (TPSA) is 58.4 Å². The van der Waals surface area contributed by atoms with Crippen LogP contribution in [0.25, 0.3) is 0 Å². The number of halogens is 1. The van der Waals surface area contributed by atoms with Gasteiger partial charge in [0.1, 0.15) is 6.04 Å². The van der Waals surface area contributed by atoms with Crippen LogP contribution in [0, 0.1) is 3.57 Å². The third-order valence-corrected chi connectivity index (χ3v) is 3.28. The molecule has 1 rings (SSSR count). The van der Waals surface area contributed by atoms with Crippen molar-refractivity contribution in [3.8, 4) is 0 Å². The second-order valence-corrected chi connectivity index (χ2v) is 5.20. The lowest BCUT2D eigenvalue weighted by atomic mass is 10.2. The summed E-state index contributed by atoms with van der Waals surface area (Å²) in [5, 5.41) is 3.13. The molecular formula is C12H18IN3O. The van der Waals surface area contributed by atoms with Crippen molar-refractivity contribution < 1.29 is 4.79 Å². The molecular weight excluding hydrogens is 329 g/mol. The second kappa shape index (κ2) is 6.09. The first-order valence-corrected chi connectivity index (χ1v) is 6.60. The van der Waals surface area contributed by atoms with Gasteiger partial charge in [-0.05, 0) is 54.6 Å². The number of benzene rings is 1. The molecule has 5 heteroatoms. The van der Waals surface area contributed by atoms with Crippen molar-refractivity contribution >= 4 is 39.9 Å². The van der Waals surface area contributed by atoms with Gasteiger partial charge in [-0.1, -0.05) is 0 Å². The lowest BCUT2D eigenvalue weighted by molar-refractivity contribution is -0.130. The van der Waals surface area contributed by atoms with E-state index in [9.17, 15) is 4.79 Å². The minimum absolute atomic E-state index is 0.0606. The molecule has 1 amide bonds. The second-order valence-electron chi connectivity index (χ2n) is 3.95. The van der Waals surface area contributed by atoms with Gasteiger partial charge in [0.2, 0.25) is 5.91 Å². The van der Waals surface area contributed by atoms with E-state index < -0.39 is 0 Å². The van der Waals surface area contributed by atoms with E-state index in [-0.39, 0.29) is 11.9 Å².